The minimum absolute atomic E-state index is 0.0236. The van der Waals surface area contributed by atoms with Gasteiger partial charge in [0.25, 0.3) is 0 Å². The van der Waals surface area contributed by atoms with E-state index in [0.29, 0.717) is 52.1 Å². The number of hydrogen-bond acceptors (Lipinski definition) is 4. The number of anilines is 1. The Kier molecular flexibility index (Phi) is 4.02. The molecule has 128 valence electrons. The number of hydrogen-bond donors (Lipinski definition) is 0. The normalized spacial score (nSPS) is 26.3. The largest absolute Gasteiger partial charge is 0.347 e. The third-order valence-electron chi connectivity index (χ3n) is 5.19. The summed E-state index contributed by atoms with van der Waals surface area (Å²) in [7, 11) is 0. The summed E-state index contributed by atoms with van der Waals surface area (Å²) in [5.74, 6) is -0.625. The van der Waals surface area contributed by atoms with E-state index in [1.807, 2.05) is 35.2 Å². The molecular formula is C18H22N2O4. The lowest BCUT2D eigenvalue weighted by Gasteiger charge is -2.38. The van der Waals surface area contributed by atoms with Gasteiger partial charge < -0.3 is 19.3 Å². The fourth-order valence-electron chi connectivity index (χ4n) is 3.84. The Labute approximate surface area is 141 Å². The van der Waals surface area contributed by atoms with Crippen LogP contribution in [-0.2, 0) is 19.1 Å². The van der Waals surface area contributed by atoms with Crippen molar-refractivity contribution in [2.24, 2.45) is 5.92 Å². The van der Waals surface area contributed by atoms with Gasteiger partial charge in [0.15, 0.2) is 5.79 Å². The van der Waals surface area contributed by atoms with Crippen LogP contribution in [-0.4, -0.2) is 55.3 Å². The van der Waals surface area contributed by atoms with Gasteiger partial charge in [-0.15, -0.1) is 0 Å². The summed E-state index contributed by atoms with van der Waals surface area (Å²) in [6.45, 7) is 3.01. The molecule has 6 nitrogen and oxygen atoms in total. The number of carbonyl (C=O) groups is 2. The summed E-state index contributed by atoms with van der Waals surface area (Å²) < 4.78 is 11.4. The highest BCUT2D eigenvalue weighted by molar-refractivity contribution is 6.00. The Morgan fingerprint density at radius 1 is 1.08 bits per heavy atom. The molecule has 3 aliphatic heterocycles. The van der Waals surface area contributed by atoms with Crippen LogP contribution in [0.4, 0.5) is 5.69 Å². The van der Waals surface area contributed by atoms with E-state index < -0.39 is 5.79 Å². The van der Waals surface area contributed by atoms with Gasteiger partial charge in [-0.2, -0.15) is 0 Å². The highest BCUT2D eigenvalue weighted by Gasteiger charge is 2.43. The second-order valence-corrected chi connectivity index (χ2v) is 6.67. The summed E-state index contributed by atoms with van der Waals surface area (Å²) in [6, 6.07) is 9.55. The van der Waals surface area contributed by atoms with E-state index in [0.717, 1.165) is 5.69 Å². The van der Waals surface area contributed by atoms with Crippen LogP contribution in [0.25, 0.3) is 0 Å². The van der Waals surface area contributed by atoms with Crippen LogP contribution in [0.2, 0.25) is 0 Å². The number of piperidine rings is 1. The molecule has 0 N–H and O–H groups in total. The first-order chi connectivity index (χ1) is 11.7. The summed E-state index contributed by atoms with van der Waals surface area (Å²) in [5, 5.41) is 0. The average Bonchev–Trinajstić information content (AvgIpc) is 3.23. The Balaban J connectivity index is 1.38. The number of para-hydroxylation sites is 1. The summed E-state index contributed by atoms with van der Waals surface area (Å²) in [4.78, 5) is 28.7. The van der Waals surface area contributed by atoms with Gasteiger partial charge in [0.05, 0.1) is 19.1 Å². The van der Waals surface area contributed by atoms with Crippen LogP contribution in [0.3, 0.4) is 0 Å². The molecule has 1 aromatic rings. The third kappa shape index (κ3) is 2.80. The summed E-state index contributed by atoms with van der Waals surface area (Å²) in [5.41, 5.74) is 0.864. The molecule has 1 atom stereocenters. The summed E-state index contributed by atoms with van der Waals surface area (Å²) in [6.07, 6.45) is 1.71. The quantitative estimate of drug-likeness (QED) is 0.823. The van der Waals surface area contributed by atoms with E-state index in [4.69, 9.17) is 9.47 Å². The van der Waals surface area contributed by atoms with Gasteiger partial charge in [0.2, 0.25) is 11.8 Å². The van der Waals surface area contributed by atoms with Gasteiger partial charge >= 0.3 is 0 Å². The summed E-state index contributed by atoms with van der Waals surface area (Å²) >= 11 is 0. The van der Waals surface area contributed by atoms with Crippen molar-refractivity contribution in [3.63, 3.8) is 0 Å². The molecular weight excluding hydrogens is 308 g/mol. The predicted octanol–water partition coefficient (Wildman–Crippen LogP) is 1.41. The third-order valence-corrected chi connectivity index (χ3v) is 5.19. The molecule has 6 heteroatoms. The monoisotopic (exact) mass is 330 g/mol. The maximum Gasteiger partial charge on any atom is 0.228 e. The lowest BCUT2D eigenvalue weighted by Crippen LogP contribution is -2.49. The van der Waals surface area contributed by atoms with E-state index in [2.05, 4.69) is 0 Å². The van der Waals surface area contributed by atoms with Crippen LogP contribution in [0, 0.1) is 5.92 Å². The first-order valence-electron chi connectivity index (χ1n) is 8.59. The fraction of sp³-hybridized carbons (Fsp3) is 0.556. The highest BCUT2D eigenvalue weighted by atomic mass is 16.7. The van der Waals surface area contributed by atoms with E-state index in [1.165, 1.54) is 0 Å². The maximum absolute atomic E-state index is 12.8. The van der Waals surface area contributed by atoms with E-state index >= 15 is 0 Å². The van der Waals surface area contributed by atoms with Crippen molar-refractivity contribution in [2.45, 2.75) is 25.0 Å². The minimum atomic E-state index is -0.474. The number of rotatable bonds is 2. The second kappa shape index (κ2) is 6.18. The van der Waals surface area contributed by atoms with Crippen molar-refractivity contribution in [1.29, 1.82) is 0 Å². The molecule has 0 aliphatic carbocycles. The van der Waals surface area contributed by atoms with Crippen LogP contribution in [0.1, 0.15) is 19.3 Å². The van der Waals surface area contributed by atoms with Crippen LogP contribution in [0.15, 0.2) is 30.3 Å². The molecule has 3 aliphatic rings. The number of nitrogens with zero attached hydrogens (tertiary/aromatic N) is 2. The topological polar surface area (TPSA) is 59.1 Å². The molecule has 3 heterocycles. The number of amides is 2. The number of benzene rings is 1. The lowest BCUT2D eigenvalue weighted by molar-refractivity contribution is -0.188. The van der Waals surface area contributed by atoms with Gasteiger partial charge in [0, 0.05) is 44.6 Å². The van der Waals surface area contributed by atoms with Crippen LogP contribution < -0.4 is 4.90 Å². The van der Waals surface area contributed by atoms with Crippen molar-refractivity contribution < 1.29 is 19.1 Å². The predicted molar refractivity (Wildman–Crippen MR) is 87.4 cm³/mol. The van der Waals surface area contributed by atoms with E-state index in [9.17, 15) is 9.59 Å². The maximum atomic E-state index is 12.8. The molecule has 0 radical (unpaired) electrons. The standard InChI is InChI=1S/C18H22N2O4/c21-16-12-14(13-20(16)15-4-2-1-3-5-15)17(22)19-8-6-18(7-9-19)23-10-11-24-18/h1-5,14H,6-13H2/t14-/m1/s1. The SMILES string of the molecule is O=C([C@@H]1CC(=O)N(c2ccccc2)C1)N1CCC2(CC1)OCCO2. The van der Waals surface area contributed by atoms with Gasteiger partial charge in [-0.05, 0) is 12.1 Å². The number of likely N-dealkylation sites (tertiary alicyclic amines) is 1. The van der Waals surface area contributed by atoms with Crippen molar-refractivity contribution in [1.82, 2.24) is 4.90 Å². The van der Waals surface area contributed by atoms with E-state index in [1.54, 1.807) is 4.90 Å². The minimum Gasteiger partial charge on any atom is -0.347 e. The zero-order chi connectivity index (χ0) is 16.6. The van der Waals surface area contributed by atoms with Crippen molar-refractivity contribution in [2.75, 3.05) is 37.7 Å². The highest BCUT2D eigenvalue weighted by Crippen LogP contribution is 2.33. The molecule has 1 spiro atoms. The smallest absolute Gasteiger partial charge is 0.228 e. The van der Waals surface area contributed by atoms with Crippen molar-refractivity contribution in [3.05, 3.63) is 30.3 Å². The van der Waals surface area contributed by atoms with Gasteiger partial charge in [-0.25, -0.2) is 0 Å². The molecule has 3 saturated heterocycles. The molecule has 0 aromatic heterocycles. The molecule has 0 saturated carbocycles. The van der Waals surface area contributed by atoms with E-state index in [-0.39, 0.29) is 17.7 Å². The molecule has 2 amide bonds. The average molecular weight is 330 g/mol. The van der Waals surface area contributed by atoms with Gasteiger partial charge in [-0.1, -0.05) is 18.2 Å². The molecule has 24 heavy (non-hydrogen) atoms. The first-order valence-corrected chi connectivity index (χ1v) is 8.59. The Bertz CT molecular complexity index is 617. The zero-order valence-corrected chi connectivity index (χ0v) is 13.6. The Morgan fingerprint density at radius 2 is 1.75 bits per heavy atom. The molecule has 3 fully saturated rings. The zero-order valence-electron chi connectivity index (χ0n) is 13.6. The molecule has 0 unspecified atom stereocenters. The number of carbonyl (C=O) groups excluding carboxylic acids is 2. The van der Waals surface area contributed by atoms with Gasteiger partial charge in [-0.3, -0.25) is 9.59 Å². The Morgan fingerprint density at radius 3 is 2.42 bits per heavy atom. The number of ether oxygens (including phenoxy) is 2. The van der Waals surface area contributed by atoms with Crippen LogP contribution in [0.5, 0.6) is 0 Å². The molecule has 1 aromatic carbocycles. The molecule has 4 rings (SSSR count). The lowest BCUT2D eigenvalue weighted by atomic mass is 10.0. The first kappa shape index (κ1) is 15.6. The Hall–Kier alpha value is -1.92. The second-order valence-electron chi connectivity index (χ2n) is 6.67. The fourth-order valence-corrected chi connectivity index (χ4v) is 3.84. The van der Waals surface area contributed by atoms with Crippen molar-refractivity contribution in [3.8, 4) is 0 Å². The van der Waals surface area contributed by atoms with Crippen LogP contribution >= 0.6 is 0 Å². The van der Waals surface area contributed by atoms with Crippen molar-refractivity contribution >= 4 is 17.5 Å². The van der Waals surface area contributed by atoms with Gasteiger partial charge in [0.1, 0.15) is 0 Å². The molecule has 0 bridgehead atoms.